The van der Waals surface area contributed by atoms with Gasteiger partial charge < -0.3 is 0 Å². The molecule has 0 bridgehead atoms. The molecule has 0 heterocycles. The highest BCUT2D eigenvalue weighted by atomic mass is 14.7. The Labute approximate surface area is 91.9 Å². The molecule has 0 atom stereocenters. The van der Waals surface area contributed by atoms with E-state index in [-0.39, 0.29) is 0 Å². The van der Waals surface area contributed by atoms with Gasteiger partial charge in [-0.3, -0.25) is 4.99 Å². The van der Waals surface area contributed by atoms with E-state index in [2.05, 4.69) is 24.0 Å². The number of nitrogens with zero attached hydrogens (tertiary/aromatic N) is 1. The molecule has 0 saturated heterocycles. The van der Waals surface area contributed by atoms with E-state index >= 15 is 0 Å². The van der Waals surface area contributed by atoms with Crippen molar-refractivity contribution in [2.24, 2.45) is 4.99 Å². The van der Waals surface area contributed by atoms with E-state index in [1.807, 2.05) is 49.6 Å². The number of hydrogen-bond donors (Lipinski definition) is 0. The van der Waals surface area contributed by atoms with Gasteiger partial charge in [-0.15, -0.1) is 0 Å². The van der Waals surface area contributed by atoms with Crippen LogP contribution in [0.15, 0.2) is 59.8 Å². The fourth-order valence-electron chi connectivity index (χ4n) is 1.22. The Morgan fingerprint density at radius 2 is 2.00 bits per heavy atom. The van der Waals surface area contributed by atoms with Crippen LogP contribution in [-0.2, 0) is 0 Å². The minimum Gasteiger partial charge on any atom is -0.257 e. The number of rotatable bonds is 4. The standard InChI is InChI=1S/C14H17N/c1-3-5-12-15-14(9-4-2)13-10-7-6-8-11-13/h4-12H,3H2,1-2H3/b9-4-,12-5+,15-14-. The van der Waals surface area contributed by atoms with Gasteiger partial charge in [0.2, 0.25) is 0 Å². The van der Waals surface area contributed by atoms with Crippen LogP contribution in [0.4, 0.5) is 0 Å². The molecule has 1 aromatic rings. The highest BCUT2D eigenvalue weighted by Crippen LogP contribution is 2.03. The normalized spacial score (nSPS) is 12.8. The van der Waals surface area contributed by atoms with Gasteiger partial charge in [0.1, 0.15) is 0 Å². The summed E-state index contributed by atoms with van der Waals surface area (Å²) < 4.78 is 0. The smallest absolute Gasteiger partial charge is 0.0698 e. The van der Waals surface area contributed by atoms with E-state index < -0.39 is 0 Å². The average Bonchev–Trinajstić information content (AvgIpc) is 2.29. The zero-order valence-corrected chi connectivity index (χ0v) is 9.35. The molecule has 0 unspecified atom stereocenters. The van der Waals surface area contributed by atoms with Crippen molar-refractivity contribution < 1.29 is 0 Å². The molecule has 15 heavy (non-hydrogen) atoms. The average molecular weight is 199 g/mol. The lowest BCUT2D eigenvalue weighted by molar-refractivity contribution is 1.21. The van der Waals surface area contributed by atoms with Gasteiger partial charge in [0.05, 0.1) is 5.71 Å². The molecule has 0 aromatic heterocycles. The van der Waals surface area contributed by atoms with Crippen LogP contribution in [0.2, 0.25) is 0 Å². The molecule has 1 rings (SSSR count). The Morgan fingerprint density at radius 1 is 1.27 bits per heavy atom. The largest absolute Gasteiger partial charge is 0.257 e. The lowest BCUT2D eigenvalue weighted by Crippen LogP contribution is -1.94. The Bertz CT molecular complexity index is 358. The first-order chi connectivity index (χ1) is 7.38. The predicted molar refractivity (Wildman–Crippen MR) is 67.2 cm³/mol. The van der Waals surface area contributed by atoms with Crippen molar-refractivity contribution in [3.63, 3.8) is 0 Å². The molecule has 0 spiro atoms. The molecule has 0 saturated carbocycles. The summed E-state index contributed by atoms with van der Waals surface area (Å²) in [5.74, 6) is 0. The van der Waals surface area contributed by atoms with Crippen molar-refractivity contribution >= 4 is 5.71 Å². The molecule has 78 valence electrons. The Kier molecular flexibility index (Phi) is 5.16. The van der Waals surface area contributed by atoms with Crippen LogP contribution in [-0.4, -0.2) is 5.71 Å². The highest BCUT2D eigenvalue weighted by molar-refractivity contribution is 6.08. The van der Waals surface area contributed by atoms with E-state index in [0.29, 0.717) is 0 Å². The minimum atomic E-state index is 1.00. The second kappa shape index (κ2) is 6.77. The molecular weight excluding hydrogens is 182 g/mol. The van der Waals surface area contributed by atoms with Crippen LogP contribution in [0.5, 0.6) is 0 Å². The highest BCUT2D eigenvalue weighted by Gasteiger charge is 1.95. The van der Waals surface area contributed by atoms with E-state index in [1.165, 1.54) is 0 Å². The van der Waals surface area contributed by atoms with Crippen molar-refractivity contribution in [3.8, 4) is 0 Å². The fraction of sp³-hybridized carbons (Fsp3) is 0.214. The Hall–Kier alpha value is -1.63. The van der Waals surface area contributed by atoms with Gasteiger partial charge in [-0.05, 0) is 19.4 Å². The summed E-state index contributed by atoms with van der Waals surface area (Å²) in [6, 6.07) is 10.2. The van der Waals surface area contributed by atoms with Gasteiger partial charge in [0.25, 0.3) is 0 Å². The predicted octanol–water partition coefficient (Wildman–Crippen LogP) is 3.98. The molecule has 1 nitrogen and oxygen atoms in total. The maximum atomic E-state index is 4.42. The maximum absolute atomic E-state index is 4.42. The molecule has 0 aliphatic heterocycles. The summed E-state index contributed by atoms with van der Waals surface area (Å²) in [5, 5.41) is 0. The van der Waals surface area contributed by atoms with Gasteiger partial charge in [-0.25, -0.2) is 0 Å². The SMILES string of the molecule is C\C=C/C(=N/C=C/CC)c1ccccc1. The first-order valence-electron chi connectivity index (χ1n) is 5.29. The van der Waals surface area contributed by atoms with Crippen molar-refractivity contribution in [2.75, 3.05) is 0 Å². The van der Waals surface area contributed by atoms with Crippen molar-refractivity contribution in [3.05, 3.63) is 60.3 Å². The van der Waals surface area contributed by atoms with E-state index in [9.17, 15) is 0 Å². The Morgan fingerprint density at radius 3 is 2.60 bits per heavy atom. The molecule has 0 amide bonds. The molecule has 1 aromatic carbocycles. The summed E-state index contributed by atoms with van der Waals surface area (Å²) in [4.78, 5) is 4.42. The molecule has 1 heteroatoms. The summed E-state index contributed by atoms with van der Waals surface area (Å²) >= 11 is 0. The van der Waals surface area contributed by atoms with Crippen LogP contribution in [0.25, 0.3) is 0 Å². The number of allylic oxidation sites excluding steroid dienone is 3. The quantitative estimate of drug-likeness (QED) is 0.650. The number of hydrogen-bond acceptors (Lipinski definition) is 1. The molecule has 0 aliphatic carbocycles. The molecular formula is C14H17N. The van der Waals surface area contributed by atoms with Gasteiger partial charge in [-0.2, -0.15) is 0 Å². The van der Waals surface area contributed by atoms with Crippen molar-refractivity contribution in [1.29, 1.82) is 0 Å². The third kappa shape index (κ3) is 3.94. The van der Waals surface area contributed by atoms with Crippen molar-refractivity contribution in [2.45, 2.75) is 20.3 Å². The number of benzene rings is 1. The molecule has 0 aliphatic rings. The third-order valence-corrected chi connectivity index (χ3v) is 1.95. The third-order valence-electron chi connectivity index (χ3n) is 1.95. The maximum Gasteiger partial charge on any atom is 0.0698 e. The topological polar surface area (TPSA) is 12.4 Å². The monoisotopic (exact) mass is 199 g/mol. The second-order valence-corrected chi connectivity index (χ2v) is 3.17. The number of aliphatic imine (C=N–C) groups is 1. The summed E-state index contributed by atoms with van der Waals surface area (Å²) in [7, 11) is 0. The van der Waals surface area contributed by atoms with Crippen LogP contribution in [0, 0.1) is 0 Å². The van der Waals surface area contributed by atoms with Crippen LogP contribution < -0.4 is 0 Å². The summed E-state index contributed by atoms with van der Waals surface area (Å²) in [6.07, 6.45) is 8.96. The molecule has 0 radical (unpaired) electrons. The van der Waals surface area contributed by atoms with Gasteiger partial charge in [0.15, 0.2) is 0 Å². The molecule has 0 N–H and O–H groups in total. The van der Waals surface area contributed by atoms with Gasteiger partial charge >= 0.3 is 0 Å². The summed E-state index contributed by atoms with van der Waals surface area (Å²) in [6.45, 7) is 4.10. The lowest BCUT2D eigenvalue weighted by atomic mass is 10.1. The van der Waals surface area contributed by atoms with Crippen LogP contribution >= 0.6 is 0 Å². The lowest BCUT2D eigenvalue weighted by Gasteiger charge is -1.98. The van der Waals surface area contributed by atoms with E-state index in [0.717, 1.165) is 17.7 Å². The fourth-order valence-corrected chi connectivity index (χ4v) is 1.22. The summed E-state index contributed by atoms with van der Waals surface area (Å²) in [5.41, 5.74) is 2.15. The first kappa shape index (κ1) is 11.4. The van der Waals surface area contributed by atoms with Crippen molar-refractivity contribution in [1.82, 2.24) is 0 Å². The van der Waals surface area contributed by atoms with Gasteiger partial charge in [-0.1, -0.05) is 49.4 Å². The second-order valence-electron chi connectivity index (χ2n) is 3.17. The van der Waals surface area contributed by atoms with Gasteiger partial charge in [0, 0.05) is 11.8 Å². The van der Waals surface area contributed by atoms with Crippen LogP contribution in [0.1, 0.15) is 25.8 Å². The van der Waals surface area contributed by atoms with E-state index in [1.54, 1.807) is 0 Å². The molecule has 0 fully saturated rings. The minimum absolute atomic E-state index is 1.00. The Balaban J connectivity index is 2.93. The van der Waals surface area contributed by atoms with E-state index in [4.69, 9.17) is 0 Å². The zero-order valence-electron chi connectivity index (χ0n) is 9.35. The van der Waals surface area contributed by atoms with Crippen LogP contribution in [0.3, 0.4) is 0 Å². The zero-order chi connectivity index (χ0) is 10.9. The first-order valence-corrected chi connectivity index (χ1v) is 5.29.